The van der Waals surface area contributed by atoms with E-state index < -0.39 is 0 Å². The largest absolute Gasteiger partial charge is 0.508 e. The molecule has 1 aliphatic rings. The Morgan fingerprint density at radius 2 is 1.92 bits per heavy atom. The van der Waals surface area contributed by atoms with Crippen LogP contribution in [-0.2, 0) is 4.74 Å². The van der Waals surface area contributed by atoms with Gasteiger partial charge in [-0.2, -0.15) is 0 Å². The van der Waals surface area contributed by atoms with Gasteiger partial charge in [-0.25, -0.2) is 0 Å². The summed E-state index contributed by atoms with van der Waals surface area (Å²) in [5, 5.41) is 9.05. The number of phenolic OH excluding ortho intramolecular Hbond substituents is 1. The molecule has 0 fully saturated rings. The van der Waals surface area contributed by atoms with Gasteiger partial charge in [0.1, 0.15) is 5.75 Å². The molecule has 2 rings (SSSR count). The maximum absolute atomic E-state index is 9.05. The van der Waals surface area contributed by atoms with Gasteiger partial charge in [-0.15, -0.1) is 0 Å². The number of benzene rings is 1. The molecule has 62 valence electrons. The van der Waals surface area contributed by atoms with E-state index in [0.29, 0.717) is 19.0 Å². The van der Waals surface area contributed by atoms with E-state index in [2.05, 4.69) is 6.08 Å². The molecular weight excluding hydrogens is 152 g/mol. The van der Waals surface area contributed by atoms with Crippen LogP contribution in [0.15, 0.2) is 30.3 Å². The molecule has 2 nitrogen and oxygen atoms in total. The van der Waals surface area contributed by atoms with Crippen molar-refractivity contribution in [1.82, 2.24) is 0 Å². The number of ether oxygens (including phenoxy) is 1. The van der Waals surface area contributed by atoms with Crippen molar-refractivity contribution in [2.24, 2.45) is 0 Å². The zero-order valence-corrected chi connectivity index (χ0v) is 6.66. The Bertz CT molecular complexity index is 298. The molecule has 0 saturated carbocycles. The molecule has 0 saturated heterocycles. The topological polar surface area (TPSA) is 29.5 Å². The first-order valence-corrected chi connectivity index (χ1v) is 3.92. The molecule has 0 unspecified atom stereocenters. The lowest BCUT2D eigenvalue weighted by Gasteiger charge is -2.00. The van der Waals surface area contributed by atoms with Crippen molar-refractivity contribution in [1.29, 1.82) is 0 Å². The van der Waals surface area contributed by atoms with E-state index in [9.17, 15) is 0 Å². The molecule has 1 aliphatic heterocycles. The normalized spacial score (nSPS) is 16.2. The summed E-state index contributed by atoms with van der Waals surface area (Å²) in [6.07, 6.45) is 2.06. The summed E-state index contributed by atoms with van der Waals surface area (Å²) in [5.74, 6) is 0.304. The lowest BCUT2D eigenvalue weighted by molar-refractivity contribution is 0.216. The minimum Gasteiger partial charge on any atom is -0.508 e. The van der Waals surface area contributed by atoms with Crippen molar-refractivity contribution >= 4 is 5.57 Å². The van der Waals surface area contributed by atoms with Gasteiger partial charge in [0.2, 0.25) is 0 Å². The van der Waals surface area contributed by atoms with Crippen molar-refractivity contribution in [3.05, 3.63) is 35.9 Å². The Morgan fingerprint density at radius 1 is 1.17 bits per heavy atom. The van der Waals surface area contributed by atoms with Gasteiger partial charge in [0.15, 0.2) is 0 Å². The van der Waals surface area contributed by atoms with Gasteiger partial charge in [0.05, 0.1) is 13.2 Å². The van der Waals surface area contributed by atoms with E-state index in [1.54, 1.807) is 12.1 Å². The predicted octanol–water partition coefficient (Wildman–Crippen LogP) is 1.81. The Labute approximate surface area is 71.1 Å². The number of hydrogen-bond acceptors (Lipinski definition) is 2. The monoisotopic (exact) mass is 162 g/mol. The molecule has 1 aromatic carbocycles. The summed E-state index contributed by atoms with van der Waals surface area (Å²) in [5.41, 5.74) is 2.33. The van der Waals surface area contributed by atoms with E-state index in [4.69, 9.17) is 9.84 Å². The van der Waals surface area contributed by atoms with E-state index in [-0.39, 0.29) is 0 Å². The Kier molecular flexibility index (Phi) is 1.84. The van der Waals surface area contributed by atoms with Crippen molar-refractivity contribution in [3.8, 4) is 5.75 Å². The van der Waals surface area contributed by atoms with Crippen LogP contribution < -0.4 is 0 Å². The van der Waals surface area contributed by atoms with Crippen LogP contribution in [0.3, 0.4) is 0 Å². The van der Waals surface area contributed by atoms with Gasteiger partial charge in [-0.05, 0) is 23.3 Å². The zero-order chi connectivity index (χ0) is 8.39. The molecule has 1 heterocycles. The second-order valence-corrected chi connectivity index (χ2v) is 2.79. The highest BCUT2D eigenvalue weighted by Crippen LogP contribution is 2.20. The molecule has 1 aromatic rings. The van der Waals surface area contributed by atoms with Crippen LogP contribution in [0.4, 0.5) is 0 Å². The number of hydrogen-bond donors (Lipinski definition) is 1. The highest BCUT2D eigenvalue weighted by Gasteiger charge is 2.06. The third-order valence-corrected chi connectivity index (χ3v) is 1.94. The molecule has 0 aliphatic carbocycles. The molecule has 0 aromatic heterocycles. The van der Waals surface area contributed by atoms with Gasteiger partial charge >= 0.3 is 0 Å². The molecular formula is C10H10O2. The number of rotatable bonds is 1. The average molecular weight is 162 g/mol. The van der Waals surface area contributed by atoms with Crippen molar-refractivity contribution < 1.29 is 9.84 Å². The molecule has 0 radical (unpaired) electrons. The van der Waals surface area contributed by atoms with Crippen LogP contribution in [-0.4, -0.2) is 18.3 Å². The predicted molar refractivity (Wildman–Crippen MR) is 46.9 cm³/mol. The zero-order valence-electron chi connectivity index (χ0n) is 6.66. The lowest BCUT2D eigenvalue weighted by atomic mass is 10.1. The van der Waals surface area contributed by atoms with Crippen molar-refractivity contribution in [2.75, 3.05) is 13.2 Å². The van der Waals surface area contributed by atoms with Crippen molar-refractivity contribution in [2.45, 2.75) is 0 Å². The second kappa shape index (κ2) is 2.99. The van der Waals surface area contributed by atoms with Crippen LogP contribution in [0.5, 0.6) is 5.75 Å². The average Bonchev–Trinajstić information content (AvgIpc) is 2.58. The van der Waals surface area contributed by atoms with Crippen LogP contribution >= 0.6 is 0 Å². The Balaban J connectivity index is 2.28. The second-order valence-electron chi connectivity index (χ2n) is 2.79. The smallest absolute Gasteiger partial charge is 0.115 e. The first-order chi connectivity index (χ1) is 5.86. The standard InChI is InChI=1S/C10H10O2/c11-10-3-1-8(2-4-10)9-5-6-12-7-9/h1-5,11H,6-7H2. The van der Waals surface area contributed by atoms with Gasteiger partial charge in [-0.1, -0.05) is 18.2 Å². The summed E-state index contributed by atoms with van der Waals surface area (Å²) < 4.78 is 5.19. The fourth-order valence-corrected chi connectivity index (χ4v) is 1.26. The summed E-state index contributed by atoms with van der Waals surface area (Å²) in [6, 6.07) is 7.18. The van der Waals surface area contributed by atoms with Crippen LogP contribution in [0.2, 0.25) is 0 Å². The molecule has 0 atom stereocenters. The SMILES string of the molecule is Oc1ccc(C2=CCOC2)cc1. The molecule has 0 bridgehead atoms. The maximum Gasteiger partial charge on any atom is 0.115 e. The highest BCUT2D eigenvalue weighted by atomic mass is 16.5. The van der Waals surface area contributed by atoms with E-state index in [1.165, 1.54) is 5.57 Å². The summed E-state index contributed by atoms with van der Waals surface area (Å²) in [4.78, 5) is 0. The lowest BCUT2D eigenvalue weighted by Crippen LogP contribution is -1.86. The van der Waals surface area contributed by atoms with Crippen molar-refractivity contribution in [3.63, 3.8) is 0 Å². The summed E-state index contributed by atoms with van der Waals surface area (Å²) >= 11 is 0. The molecule has 2 heteroatoms. The minimum atomic E-state index is 0.304. The quantitative estimate of drug-likeness (QED) is 0.682. The molecule has 0 amide bonds. The number of phenols is 1. The molecule has 0 spiro atoms. The minimum absolute atomic E-state index is 0.304. The fraction of sp³-hybridized carbons (Fsp3) is 0.200. The summed E-state index contributed by atoms with van der Waals surface area (Å²) in [6.45, 7) is 1.39. The third kappa shape index (κ3) is 1.34. The van der Waals surface area contributed by atoms with Gasteiger partial charge in [0, 0.05) is 0 Å². The first-order valence-electron chi connectivity index (χ1n) is 3.92. The maximum atomic E-state index is 9.05. The highest BCUT2D eigenvalue weighted by molar-refractivity contribution is 5.68. The van der Waals surface area contributed by atoms with Gasteiger partial charge < -0.3 is 9.84 Å². The third-order valence-electron chi connectivity index (χ3n) is 1.94. The van der Waals surface area contributed by atoms with Gasteiger partial charge in [-0.3, -0.25) is 0 Å². The fourth-order valence-electron chi connectivity index (χ4n) is 1.26. The first kappa shape index (κ1) is 7.37. The van der Waals surface area contributed by atoms with E-state index in [1.807, 2.05) is 12.1 Å². The summed E-state index contributed by atoms with van der Waals surface area (Å²) in [7, 11) is 0. The van der Waals surface area contributed by atoms with Crippen LogP contribution in [0.1, 0.15) is 5.56 Å². The van der Waals surface area contributed by atoms with E-state index in [0.717, 1.165) is 5.56 Å². The Hall–Kier alpha value is -1.28. The number of aromatic hydroxyl groups is 1. The van der Waals surface area contributed by atoms with Crippen LogP contribution in [0, 0.1) is 0 Å². The van der Waals surface area contributed by atoms with E-state index >= 15 is 0 Å². The van der Waals surface area contributed by atoms with Gasteiger partial charge in [0.25, 0.3) is 0 Å². The van der Waals surface area contributed by atoms with Crippen LogP contribution in [0.25, 0.3) is 5.57 Å². The molecule has 12 heavy (non-hydrogen) atoms. The molecule has 1 N–H and O–H groups in total. The Morgan fingerprint density at radius 3 is 2.50 bits per heavy atom.